The van der Waals surface area contributed by atoms with Crippen LogP contribution in [0.4, 0.5) is 0 Å². The molecule has 0 radical (unpaired) electrons. The van der Waals surface area contributed by atoms with E-state index in [9.17, 15) is 61.0 Å². The highest BCUT2D eigenvalue weighted by Gasteiger charge is 2.53. The van der Waals surface area contributed by atoms with Crippen LogP contribution < -0.4 is 28.3 Å². The number of aliphatic hydroxyl groups excluding tert-OH is 10. The number of allylic oxidation sites excluding steroid dienone is 3. The molecule has 22 atom stereocenters. The number of rotatable bonds is 16. The zero-order chi connectivity index (χ0) is 52.0. The maximum absolute atomic E-state index is 12.6. The van der Waals surface area contributed by atoms with Crippen molar-refractivity contribution in [3.63, 3.8) is 0 Å². The van der Waals surface area contributed by atoms with Gasteiger partial charge < -0.3 is 103 Å². The average molecular weight is 1000 g/mol. The number of hydrogen-bond acceptors (Lipinski definition) is 20. The molecule has 1 amide bonds. The molecule has 21 heteroatoms. The Balaban J connectivity index is 0.000000271. The molecule has 21 nitrogen and oxygen atoms in total. The molecule has 70 heavy (non-hydrogen) atoms. The largest absolute Gasteiger partial charge is 0.394 e. The first-order chi connectivity index (χ1) is 32.9. The lowest BCUT2D eigenvalue weighted by molar-refractivity contribution is -0.332. The van der Waals surface area contributed by atoms with E-state index < -0.39 is 128 Å². The standard InChI is InChI=1S/C27H44O3.C22H43N5O13/c1-18(8-6-14-26(3,4)30)23-12-13-24-20(9-7-15-27(23,24)5)10-11-21-16-22(28)17-25(29)19(21)2;23-2-1-8(29)20(36)27-7-3-6(25)18(39-22-16(34)15(33)13(31)9(4-24)37-22)17(35)19(7)40-21-14(32)11(26)12(30)10(5-28)38-21/h10-11,18,22-25,28-30H,2,6-9,12-17H2,1,3-5H3;6-19,21-22,28-35H,1-5,23-26H2,(H,27,36)/b20-10+,21-11-;/t18-,22-,23-,24+,25+,27-;6-,7+,8?,9+,10+,11-,12+,13+,14+,15-,16+,17-,18?,19-,21+,22+/m10/s1. The van der Waals surface area contributed by atoms with Crippen LogP contribution in [-0.4, -0.2) is 197 Å². The van der Waals surface area contributed by atoms with Crippen molar-refractivity contribution in [2.75, 3.05) is 19.7 Å². The Morgan fingerprint density at radius 1 is 0.900 bits per heavy atom. The zero-order valence-corrected chi connectivity index (χ0v) is 41.4. The average Bonchev–Trinajstić information content (AvgIpc) is 3.67. The molecule has 404 valence electrons. The third kappa shape index (κ3) is 14.0. The van der Waals surface area contributed by atoms with Gasteiger partial charge in [-0.25, -0.2) is 0 Å². The molecular formula is C49H87N5O16. The van der Waals surface area contributed by atoms with Crippen LogP contribution in [0.1, 0.15) is 105 Å². The van der Waals surface area contributed by atoms with Gasteiger partial charge in [-0.1, -0.05) is 51.0 Å². The van der Waals surface area contributed by atoms with Crippen LogP contribution in [-0.2, 0) is 23.7 Å². The van der Waals surface area contributed by atoms with Gasteiger partial charge in [-0.2, -0.15) is 0 Å². The molecule has 4 saturated carbocycles. The summed E-state index contributed by atoms with van der Waals surface area (Å²) in [6.45, 7) is 11.9. The smallest absolute Gasteiger partial charge is 0.249 e. The second-order valence-electron chi connectivity index (χ2n) is 21.7. The third-order valence-corrected chi connectivity index (χ3v) is 15.9. The molecule has 2 unspecified atom stereocenters. The summed E-state index contributed by atoms with van der Waals surface area (Å²) in [5.41, 5.74) is 26.2. The van der Waals surface area contributed by atoms with Crippen molar-refractivity contribution in [3.05, 3.63) is 35.5 Å². The highest BCUT2D eigenvalue weighted by molar-refractivity contribution is 5.80. The van der Waals surface area contributed by atoms with Crippen molar-refractivity contribution in [1.82, 2.24) is 5.32 Å². The van der Waals surface area contributed by atoms with E-state index in [1.54, 1.807) is 5.57 Å². The van der Waals surface area contributed by atoms with Gasteiger partial charge in [0.25, 0.3) is 0 Å². The molecule has 6 fully saturated rings. The summed E-state index contributed by atoms with van der Waals surface area (Å²) in [5.74, 6) is 1.26. The van der Waals surface area contributed by atoms with Crippen molar-refractivity contribution in [3.8, 4) is 0 Å². The Morgan fingerprint density at radius 3 is 2.20 bits per heavy atom. The molecular weight excluding hydrogens is 915 g/mol. The first kappa shape index (κ1) is 58.8. The van der Waals surface area contributed by atoms with Crippen LogP contribution >= 0.6 is 0 Å². The molecule has 0 bridgehead atoms. The number of nitrogens with one attached hydrogen (secondary N) is 1. The number of nitrogens with two attached hydrogens (primary N) is 4. The molecule has 20 N–H and O–H groups in total. The fourth-order valence-electron chi connectivity index (χ4n) is 11.8. The lowest BCUT2D eigenvalue weighted by Gasteiger charge is -2.49. The van der Waals surface area contributed by atoms with Crippen LogP contribution in [0.25, 0.3) is 0 Å². The second-order valence-corrected chi connectivity index (χ2v) is 21.7. The number of ether oxygens (including phenoxy) is 4. The van der Waals surface area contributed by atoms with Gasteiger partial charge in [0.15, 0.2) is 12.6 Å². The van der Waals surface area contributed by atoms with Crippen LogP contribution in [0.5, 0.6) is 0 Å². The topological polar surface area (TPSA) is 393 Å². The third-order valence-electron chi connectivity index (χ3n) is 15.9. The lowest BCUT2D eigenvalue weighted by atomic mass is 9.60. The van der Waals surface area contributed by atoms with E-state index in [2.05, 4.69) is 37.9 Å². The minimum absolute atomic E-state index is 0.0101. The minimum atomic E-state index is -1.76. The molecule has 0 spiro atoms. The van der Waals surface area contributed by atoms with E-state index in [1.807, 2.05) is 13.8 Å². The Kier molecular flexibility index (Phi) is 21.4. The molecule has 0 aromatic heterocycles. The van der Waals surface area contributed by atoms with Crippen LogP contribution in [0.15, 0.2) is 35.5 Å². The highest BCUT2D eigenvalue weighted by Crippen LogP contribution is 2.60. The van der Waals surface area contributed by atoms with Gasteiger partial charge >= 0.3 is 0 Å². The number of aliphatic hydroxyl groups is 11. The highest BCUT2D eigenvalue weighted by atomic mass is 16.7. The Morgan fingerprint density at radius 2 is 1.56 bits per heavy atom. The van der Waals surface area contributed by atoms with Crippen molar-refractivity contribution in [2.45, 2.75) is 220 Å². The number of amides is 1. The van der Waals surface area contributed by atoms with E-state index in [0.717, 1.165) is 29.9 Å². The molecule has 6 aliphatic rings. The van der Waals surface area contributed by atoms with Crippen molar-refractivity contribution in [2.24, 2.45) is 46.1 Å². The minimum Gasteiger partial charge on any atom is -0.394 e. The van der Waals surface area contributed by atoms with E-state index in [1.165, 1.54) is 38.5 Å². The van der Waals surface area contributed by atoms with Crippen LogP contribution in [0, 0.1) is 23.2 Å². The Hall–Kier alpha value is -2.07. The Labute approximate surface area is 411 Å². The SMILES string of the molecule is C=C1/C(=C\C=C2/CCC[C@]3(C)[C@@H]([C@H](C)CCCC(C)(C)O)CC[C@@H]23)C[C@@H](O)C[C@@H]1O.NCCC(O)C(=O)N[C@@H]1C[C@H](N)C(O[C@H]2O[C@H](CN)[C@@H](O)[C@H](O)[C@H]2O)[C@H](O)[C@H]1O[C@H]1O[C@H](CO)[C@@H](O)[C@H](N)[C@H]1O. The summed E-state index contributed by atoms with van der Waals surface area (Å²) in [6, 6.07) is -3.45. The van der Waals surface area contributed by atoms with Crippen molar-refractivity contribution < 1.29 is 79.9 Å². The van der Waals surface area contributed by atoms with E-state index in [0.29, 0.717) is 30.1 Å². The van der Waals surface area contributed by atoms with E-state index in [4.69, 9.17) is 41.9 Å². The monoisotopic (exact) mass is 1000 g/mol. The number of hydrogen-bond donors (Lipinski definition) is 16. The van der Waals surface area contributed by atoms with Gasteiger partial charge in [0.1, 0.15) is 67.1 Å². The number of carbonyl (C=O) groups excluding carboxylic acids is 1. The molecule has 0 aromatic carbocycles. The first-order valence-corrected chi connectivity index (χ1v) is 25.2. The summed E-state index contributed by atoms with van der Waals surface area (Å²) in [4.78, 5) is 12.6. The number of fused-ring (bicyclic) bond motifs is 1. The molecule has 0 aromatic rings. The lowest BCUT2D eigenvalue weighted by Crippen LogP contribution is -2.69. The molecule has 2 heterocycles. The quantitative estimate of drug-likeness (QED) is 0.0747. The second kappa shape index (κ2) is 25.4. The summed E-state index contributed by atoms with van der Waals surface area (Å²) >= 11 is 0. The van der Waals surface area contributed by atoms with Crippen molar-refractivity contribution in [1.29, 1.82) is 0 Å². The Bertz CT molecular complexity index is 1750. The first-order valence-electron chi connectivity index (χ1n) is 25.2. The fraction of sp³-hybridized carbons (Fsp3) is 0.857. The van der Waals surface area contributed by atoms with Gasteiger partial charge in [-0.15, -0.1) is 0 Å². The normalized spacial score (nSPS) is 43.5. The van der Waals surface area contributed by atoms with Gasteiger partial charge in [-0.3, -0.25) is 4.79 Å². The maximum atomic E-state index is 12.6. The fourth-order valence-corrected chi connectivity index (χ4v) is 11.8. The van der Waals surface area contributed by atoms with Gasteiger partial charge in [0.2, 0.25) is 5.91 Å². The zero-order valence-electron chi connectivity index (χ0n) is 41.4. The van der Waals surface area contributed by atoms with Crippen molar-refractivity contribution >= 4 is 5.91 Å². The summed E-state index contributed by atoms with van der Waals surface area (Å²) < 4.78 is 22.5. The van der Waals surface area contributed by atoms with E-state index >= 15 is 0 Å². The molecule has 4 aliphatic carbocycles. The molecule has 6 rings (SSSR count). The summed E-state index contributed by atoms with van der Waals surface area (Å²) in [6.07, 6.45) is -5.96. The summed E-state index contributed by atoms with van der Waals surface area (Å²) in [7, 11) is 0. The molecule has 2 saturated heterocycles. The van der Waals surface area contributed by atoms with Gasteiger partial charge in [-0.05, 0) is 112 Å². The van der Waals surface area contributed by atoms with Crippen LogP contribution in [0.2, 0.25) is 0 Å². The maximum Gasteiger partial charge on any atom is 0.249 e. The predicted octanol–water partition coefficient (Wildman–Crippen LogP) is -2.72. The predicted molar refractivity (Wildman–Crippen MR) is 255 cm³/mol. The van der Waals surface area contributed by atoms with E-state index in [-0.39, 0.29) is 25.9 Å². The molecule has 2 aliphatic heterocycles. The van der Waals surface area contributed by atoms with Gasteiger partial charge in [0, 0.05) is 19.0 Å². The number of carbonyl (C=O) groups is 1. The van der Waals surface area contributed by atoms with Crippen LogP contribution in [0.3, 0.4) is 0 Å². The van der Waals surface area contributed by atoms with Gasteiger partial charge in [0.05, 0.1) is 36.5 Å². The summed E-state index contributed by atoms with van der Waals surface area (Å²) in [5, 5.41) is 115.